The molecule has 0 heterocycles. The molecular weight excluding hydrogens is 298 g/mol. The minimum absolute atomic E-state index is 0. The molecule has 0 aliphatic carbocycles. The zero-order valence-electron chi connectivity index (χ0n) is 8.79. The molecular formula is C12H10Cl2O2V. The van der Waals surface area contributed by atoms with Crippen LogP contribution in [0.15, 0.2) is 60.7 Å². The molecule has 0 atom stereocenters. The van der Waals surface area contributed by atoms with E-state index in [1.165, 1.54) is 24.3 Å². The predicted octanol–water partition coefficient (Wildman–Crippen LogP) is -4.47. The van der Waals surface area contributed by atoms with Gasteiger partial charge in [0.15, 0.2) is 0 Å². The zero-order valence-corrected chi connectivity index (χ0v) is 11.7. The minimum atomic E-state index is 0. The topological polar surface area (TPSA) is 46.1 Å². The maximum atomic E-state index is 10.3. The van der Waals surface area contributed by atoms with Crippen molar-refractivity contribution < 1.29 is 53.6 Å². The third-order valence-corrected chi connectivity index (χ3v) is 1.49. The maximum absolute atomic E-state index is 10.3. The summed E-state index contributed by atoms with van der Waals surface area (Å²) in [5.41, 5.74) is 0. The molecule has 0 spiro atoms. The second-order valence-electron chi connectivity index (χ2n) is 2.63. The summed E-state index contributed by atoms with van der Waals surface area (Å²) in [6, 6.07) is 16.7. The van der Waals surface area contributed by atoms with Crippen LogP contribution >= 0.6 is 0 Å². The monoisotopic (exact) mass is 307 g/mol. The largest absolute Gasteiger partial charge is 4.00 e. The number of para-hydroxylation sites is 2. The molecule has 89 valence electrons. The van der Waals surface area contributed by atoms with E-state index in [-0.39, 0.29) is 54.9 Å². The normalized spacial score (nSPS) is 7.06. The third-order valence-electron chi connectivity index (χ3n) is 1.49. The summed E-state index contributed by atoms with van der Waals surface area (Å²) in [6.07, 6.45) is 0. The molecule has 0 saturated carbocycles. The second-order valence-corrected chi connectivity index (χ2v) is 2.63. The summed E-state index contributed by atoms with van der Waals surface area (Å²) in [7, 11) is 0. The van der Waals surface area contributed by atoms with Gasteiger partial charge < -0.3 is 35.0 Å². The van der Waals surface area contributed by atoms with Crippen molar-refractivity contribution in [2.75, 3.05) is 0 Å². The Morgan fingerprint density at radius 2 is 0.765 bits per heavy atom. The van der Waals surface area contributed by atoms with E-state index in [9.17, 15) is 10.2 Å². The summed E-state index contributed by atoms with van der Waals surface area (Å²) < 4.78 is 0. The third kappa shape index (κ3) is 11.5. The SMILES string of the molecule is [Cl-].[Cl-].[O-]c1ccccc1.[O-]c1ccccc1.[V+4]. The standard InChI is InChI=1S/2C6H6O.2ClH.V/c2*7-6-4-2-1-3-5-6;;;/h2*1-5,7H;2*1H;/q;;;;+4/p-4. The van der Waals surface area contributed by atoms with Crippen molar-refractivity contribution in [2.24, 2.45) is 0 Å². The molecule has 0 fully saturated rings. The number of benzene rings is 2. The zero-order chi connectivity index (χ0) is 10.2. The van der Waals surface area contributed by atoms with Crippen molar-refractivity contribution in [1.29, 1.82) is 0 Å². The summed E-state index contributed by atoms with van der Waals surface area (Å²) >= 11 is 0. The van der Waals surface area contributed by atoms with E-state index in [2.05, 4.69) is 0 Å². The van der Waals surface area contributed by atoms with Crippen molar-refractivity contribution in [1.82, 2.24) is 0 Å². The Morgan fingerprint density at radius 1 is 0.529 bits per heavy atom. The van der Waals surface area contributed by atoms with Crippen LogP contribution in [0.3, 0.4) is 0 Å². The fraction of sp³-hybridized carbons (Fsp3) is 0. The van der Waals surface area contributed by atoms with Crippen molar-refractivity contribution >= 4 is 0 Å². The van der Waals surface area contributed by atoms with Crippen LogP contribution < -0.4 is 35.0 Å². The van der Waals surface area contributed by atoms with Gasteiger partial charge in [0.25, 0.3) is 0 Å². The molecule has 0 saturated heterocycles. The van der Waals surface area contributed by atoms with Gasteiger partial charge in [0, 0.05) is 0 Å². The number of halogens is 2. The van der Waals surface area contributed by atoms with Gasteiger partial charge >= 0.3 is 18.6 Å². The van der Waals surface area contributed by atoms with Gasteiger partial charge in [-0.15, -0.1) is 11.5 Å². The molecule has 5 heteroatoms. The van der Waals surface area contributed by atoms with Crippen LogP contribution in [-0.2, 0) is 18.6 Å². The van der Waals surface area contributed by atoms with Crippen molar-refractivity contribution in [3.63, 3.8) is 0 Å². The first kappa shape index (κ1) is 21.5. The predicted molar refractivity (Wildman–Crippen MR) is 51.8 cm³/mol. The molecule has 2 nitrogen and oxygen atoms in total. The van der Waals surface area contributed by atoms with Crippen LogP contribution in [0.2, 0.25) is 0 Å². The summed E-state index contributed by atoms with van der Waals surface area (Å²) in [5.74, 6) is 0.144. The molecule has 1 radical (unpaired) electrons. The van der Waals surface area contributed by atoms with Gasteiger partial charge in [-0.1, -0.05) is 60.7 Å². The Balaban J connectivity index is -0.000000196. The van der Waals surface area contributed by atoms with E-state index < -0.39 is 0 Å². The first-order chi connectivity index (χ1) is 6.79. The molecule has 0 aromatic heterocycles. The van der Waals surface area contributed by atoms with Crippen molar-refractivity contribution in [2.45, 2.75) is 0 Å². The van der Waals surface area contributed by atoms with Crippen LogP contribution in [0.4, 0.5) is 0 Å². The van der Waals surface area contributed by atoms with Crippen molar-refractivity contribution in [3.05, 3.63) is 60.7 Å². The molecule has 2 aromatic carbocycles. The number of hydrogen-bond acceptors (Lipinski definition) is 2. The summed E-state index contributed by atoms with van der Waals surface area (Å²) in [4.78, 5) is 0. The van der Waals surface area contributed by atoms with Gasteiger partial charge in [-0.3, -0.25) is 0 Å². The van der Waals surface area contributed by atoms with E-state index in [0.29, 0.717) is 0 Å². The first-order valence-corrected chi connectivity index (χ1v) is 4.23. The van der Waals surface area contributed by atoms with Gasteiger partial charge in [0.1, 0.15) is 0 Å². The van der Waals surface area contributed by atoms with Gasteiger partial charge in [-0.2, -0.15) is 0 Å². The number of rotatable bonds is 0. The second kappa shape index (κ2) is 13.3. The van der Waals surface area contributed by atoms with Gasteiger partial charge in [-0.05, 0) is 0 Å². The van der Waals surface area contributed by atoms with Gasteiger partial charge in [0.05, 0.1) is 0 Å². The molecule has 0 N–H and O–H groups in total. The van der Waals surface area contributed by atoms with Crippen LogP contribution in [-0.4, -0.2) is 0 Å². The summed E-state index contributed by atoms with van der Waals surface area (Å²) in [6.45, 7) is 0. The van der Waals surface area contributed by atoms with Gasteiger partial charge in [-0.25, -0.2) is 0 Å². The van der Waals surface area contributed by atoms with Crippen LogP contribution in [0.5, 0.6) is 11.5 Å². The average Bonchev–Trinajstić information content (AvgIpc) is 2.21. The molecule has 2 rings (SSSR count). The van der Waals surface area contributed by atoms with E-state index in [1.54, 1.807) is 24.3 Å². The molecule has 0 unspecified atom stereocenters. The Bertz CT molecular complexity index is 320. The average molecular weight is 308 g/mol. The Labute approximate surface area is 125 Å². The van der Waals surface area contributed by atoms with E-state index in [0.717, 1.165) is 0 Å². The number of hydrogen-bond donors (Lipinski definition) is 0. The van der Waals surface area contributed by atoms with E-state index in [1.807, 2.05) is 12.1 Å². The van der Waals surface area contributed by atoms with Crippen LogP contribution in [0.25, 0.3) is 0 Å². The maximum Gasteiger partial charge on any atom is 4.00 e. The Morgan fingerprint density at radius 3 is 0.882 bits per heavy atom. The fourth-order valence-electron chi connectivity index (χ4n) is 0.841. The molecule has 0 aliphatic heterocycles. The molecule has 2 aromatic rings. The quantitative estimate of drug-likeness (QED) is 0.493. The molecule has 0 aliphatic rings. The van der Waals surface area contributed by atoms with E-state index in [4.69, 9.17) is 0 Å². The summed E-state index contributed by atoms with van der Waals surface area (Å²) in [5, 5.41) is 20.5. The first-order valence-electron chi connectivity index (χ1n) is 4.23. The molecule has 0 amide bonds. The van der Waals surface area contributed by atoms with E-state index >= 15 is 0 Å². The van der Waals surface area contributed by atoms with Crippen LogP contribution in [0, 0.1) is 0 Å². The molecule has 17 heavy (non-hydrogen) atoms. The Hall–Kier alpha value is -0.796. The molecule has 0 bridgehead atoms. The van der Waals surface area contributed by atoms with Crippen LogP contribution in [0.1, 0.15) is 0 Å². The van der Waals surface area contributed by atoms with Crippen molar-refractivity contribution in [3.8, 4) is 11.5 Å². The van der Waals surface area contributed by atoms with Gasteiger partial charge in [0.2, 0.25) is 0 Å². The fourth-order valence-corrected chi connectivity index (χ4v) is 0.841. The smallest absolute Gasteiger partial charge is 1.00 e. The minimum Gasteiger partial charge on any atom is -1.00 e. The Kier molecular flexibility index (Phi) is 16.8.